The van der Waals surface area contributed by atoms with Crippen molar-refractivity contribution in [2.24, 2.45) is 0 Å². The largest absolute Gasteiger partial charge is 0.461 e. The number of carbonyl (C=O) groups excluding carboxylic acids is 1. The van der Waals surface area contributed by atoms with Crippen molar-refractivity contribution in [1.29, 1.82) is 0 Å². The summed E-state index contributed by atoms with van der Waals surface area (Å²) in [5, 5.41) is 4.15. The molecule has 3 rings (SSSR count). The number of alkyl halides is 3. The summed E-state index contributed by atoms with van der Waals surface area (Å²) in [6.07, 6.45) is -0.859. The average molecular weight is 346 g/mol. The molecule has 1 saturated carbocycles. The van der Waals surface area contributed by atoms with Crippen LogP contribution in [0.5, 0.6) is 0 Å². The summed E-state index contributed by atoms with van der Waals surface area (Å²) in [6, 6.07) is 0. The van der Waals surface area contributed by atoms with Crippen LogP contribution in [0.3, 0.4) is 0 Å². The molecule has 0 N–H and O–H groups in total. The second-order valence-electron chi connectivity index (χ2n) is 6.27. The second-order valence-corrected chi connectivity index (χ2v) is 6.27. The molecule has 0 spiro atoms. The highest BCUT2D eigenvalue weighted by Crippen LogP contribution is 2.46. The van der Waals surface area contributed by atoms with Gasteiger partial charge in [-0.15, -0.1) is 0 Å². The summed E-state index contributed by atoms with van der Waals surface area (Å²) in [4.78, 5) is 12.2. The van der Waals surface area contributed by atoms with E-state index in [2.05, 4.69) is 5.10 Å². The standard InChI is InChI=1S/C16H21F3N2O3/c1-2-23-15(22)14-12(16(17,18)19)13(10-6-7-10)20-21(14)9-11-5-3-4-8-24-11/h10-11H,2-9H2,1H3. The van der Waals surface area contributed by atoms with E-state index in [1.807, 2.05) is 0 Å². The molecule has 2 fully saturated rings. The van der Waals surface area contributed by atoms with Crippen molar-refractivity contribution in [2.45, 2.75) is 63.8 Å². The highest BCUT2D eigenvalue weighted by molar-refractivity contribution is 5.90. The normalized spacial score (nSPS) is 21.8. The van der Waals surface area contributed by atoms with Crippen molar-refractivity contribution >= 4 is 5.97 Å². The Bertz CT molecular complexity index is 602. The molecule has 0 amide bonds. The molecule has 8 heteroatoms. The van der Waals surface area contributed by atoms with E-state index >= 15 is 0 Å². The molecule has 1 aromatic heterocycles. The summed E-state index contributed by atoms with van der Waals surface area (Å²) in [5.41, 5.74) is -1.44. The van der Waals surface area contributed by atoms with E-state index in [0.29, 0.717) is 19.4 Å². The Hall–Kier alpha value is -1.57. The molecule has 0 radical (unpaired) electrons. The number of esters is 1. The fourth-order valence-corrected chi connectivity index (χ4v) is 3.09. The van der Waals surface area contributed by atoms with Gasteiger partial charge in [-0.25, -0.2) is 4.79 Å². The molecule has 0 aromatic carbocycles. The van der Waals surface area contributed by atoms with E-state index in [-0.39, 0.29) is 30.9 Å². The fourth-order valence-electron chi connectivity index (χ4n) is 3.09. The summed E-state index contributed by atoms with van der Waals surface area (Å²) < 4.78 is 52.4. The number of halogens is 3. The lowest BCUT2D eigenvalue weighted by atomic mass is 10.1. The maximum atomic E-state index is 13.6. The van der Waals surface area contributed by atoms with Crippen LogP contribution in [0.1, 0.15) is 66.7 Å². The quantitative estimate of drug-likeness (QED) is 0.766. The van der Waals surface area contributed by atoms with Crippen molar-refractivity contribution < 1.29 is 27.4 Å². The Morgan fingerprint density at radius 1 is 1.33 bits per heavy atom. The van der Waals surface area contributed by atoms with Crippen LogP contribution in [-0.2, 0) is 22.2 Å². The van der Waals surface area contributed by atoms with Crippen LogP contribution in [-0.4, -0.2) is 35.1 Å². The first-order valence-corrected chi connectivity index (χ1v) is 8.38. The van der Waals surface area contributed by atoms with Crippen molar-refractivity contribution in [3.63, 3.8) is 0 Å². The topological polar surface area (TPSA) is 53.3 Å². The van der Waals surface area contributed by atoms with Crippen LogP contribution in [0.25, 0.3) is 0 Å². The van der Waals surface area contributed by atoms with E-state index in [4.69, 9.17) is 9.47 Å². The molecule has 1 atom stereocenters. The van der Waals surface area contributed by atoms with Gasteiger partial charge in [-0.05, 0) is 39.0 Å². The molecule has 1 aliphatic heterocycles. The van der Waals surface area contributed by atoms with Crippen LogP contribution < -0.4 is 0 Å². The Morgan fingerprint density at radius 3 is 2.62 bits per heavy atom. The van der Waals surface area contributed by atoms with Gasteiger partial charge in [0.15, 0.2) is 5.69 Å². The van der Waals surface area contributed by atoms with Gasteiger partial charge in [0.05, 0.1) is 24.9 Å². The maximum absolute atomic E-state index is 13.6. The predicted octanol–water partition coefficient (Wildman–Crippen LogP) is 3.53. The first-order valence-electron chi connectivity index (χ1n) is 8.38. The molecule has 2 aliphatic rings. The van der Waals surface area contributed by atoms with E-state index in [0.717, 1.165) is 23.9 Å². The molecule has 24 heavy (non-hydrogen) atoms. The predicted molar refractivity (Wildman–Crippen MR) is 78.8 cm³/mol. The summed E-state index contributed by atoms with van der Waals surface area (Å²) >= 11 is 0. The first kappa shape index (κ1) is 17.3. The molecule has 1 aromatic rings. The van der Waals surface area contributed by atoms with Gasteiger partial charge in [-0.3, -0.25) is 4.68 Å². The molecule has 5 nitrogen and oxygen atoms in total. The van der Waals surface area contributed by atoms with Gasteiger partial charge >= 0.3 is 12.1 Å². The molecular weight excluding hydrogens is 325 g/mol. The van der Waals surface area contributed by atoms with E-state index in [9.17, 15) is 18.0 Å². The zero-order chi connectivity index (χ0) is 17.3. The Balaban J connectivity index is 2.00. The zero-order valence-electron chi connectivity index (χ0n) is 13.6. The SMILES string of the molecule is CCOC(=O)c1c(C(F)(F)F)c(C2CC2)nn1CC1CCCCO1. The minimum atomic E-state index is -4.63. The van der Waals surface area contributed by atoms with Crippen molar-refractivity contribution in [2.75, 3.05) is 13.2 Å². The van der Waals surface area contributed by atoms with Gasteiger partial charge in [-0.2, -0.15) is 18.3 Å². The number of ether oxygens (including phenoxy) is 2. The number of aromatic nitrogens is 2. The minimum Gasteiger partial charge on any atom is -0.461 e. The average Bonchev–Trinajstić information content (AvgIpc) is 3.29. The van der Waals surface area contributed by atoms with Gasteiger partial charge in [0.2, 0.25) is 0 Å². The summed E-state index contributed by atoms with van der Waals surface area (Å²) in [5.74, 6) is -1.19. The third kappa shape index (κ3) is 3.58. The van der Waals surface area contributed by atoms with Crippen LogP contribution in [0.4, 0.5) is 13.2 Å². The van der Waals surface area contributed by atoms with Crippen molar-refractivity contribution in [3.05, 3.63) is 17.0 Å². The molecule has 1 unspecified atom stereocenters. The van der Waals surface area contributed by atoms with Crippen LogP contribution in [0, 0.1) is 0 Å². The summed E-state index contributed by atoms with van der Waals surface area (Å²) in [6.45, 7) is 2.31. The van der Waals surface area contributed by atoms with Gasteiger partial charge in [0.1, 0.15) is 5.56 Å². The zero-order valence-corrected chi connectivity index (χ0v) is 13.6. The third-order valence-electron chi connectivity index (χ3n) is 4.35. The fraction of sp³-hybridized carbons (Fsp3) is 0.750. The molecular formula is C16H21F3N2O3. The minimum absolute atomic E-state index is 0.0139. The smallest absolute Gasteiger partial charge is 0.420 e. The lowest BCUT2D eigenvalue weighted by Crippen LogP contribution is -2.27. The van der Waals surface area contributed by atoms with Crippen LogP contribution in [0.15, 0.2) is 0 Å². The number of carbonyl (C=O) groups is 1. The molecule has 2 heterocycles. The van der Waals surface area contributed by atoms with E-state index in [1.54, 1.807) is 6.92 Å². The Kier molecular flexibility index (Phi) is 4.85. The number of nitrogens with zero attached hydrogens (tertiary/aromatic N) is 2. The van der Waals surface area contributed by atoms with Crippen LogP contribution >= 0.6 is 0 Å². The van der Waals surface area contributed by atoms with Crippen molar-refractivity contribution in [1.82, 2.24) is 9.78 Å². The molecule has 1 saturated heterocycles. The lowest BCUT2D eigenvalue weighted by molar-refractivity contribution is -0.138. The Labute approximate surface area is 138 Å². The number of hydrogen-bond acceptors (Lipinski definition) is 4. The number of rotatable bonds is 5. The molecule has 1 aliphatic carbocycles. The molecule has 0 bridgehead atoms. The van der Waals surface area contributed by atoms with Crippen molar-refractivity contribution in [3.8, 4) is 0 Å². The highest BCUT2D eigenvalue weighted by Gasteiger charge is 2.46. The summed E-state index contributed by atoms with van der Waals surface area (Å²) in [7, 11) is 0. The van der Waals surface area contributed by atoms with Gasteiger partial charge in [0.25, 0.3) is 0 Å². The Morgan fingerprint density at radius 2 is 2.08 bits per heavy atom. The van der Waals surface area contributed by atoms with Gasteiger partial charge < -0.3 is 9.47 Å². The van der Waals surface area contributed by atoms with E-state index < -0.39 is 23.4 Å². The molecule has 134 valence electrons. The monoisotopic (exact) mass is 346 g/mol. The van der Waals surface area contributed by atoms with E-state index in [1.165, 1.54) is 0 Å². The second kappa shape index (κ2) is 6.74. The highest BCUT2D eigenvalue weighted by atomic mass is 19.4. The van der Waals surface area contributed by atoms with Gasteiger partial charge in [-0.1, -0.05) is 0 Å². The number of hydrogen-bond donors (Lipinski definition) is 0. The maximum Gasteiger partial charge on any atom is 0.420 e. The van der Waals surface area contributed by atoms with Gasteiger partial charge in [0, 0.05) is 12.5 Å². The van der Waals surface area contributed by atoms with Crippen LogP contribution in [0.2, 0.25) is 0 Å². The first-order chi connectivity index (χ1) is 11.4. The lowest BCUT2D eigenvalue weighted by Gasteiger charge is -2.23. The third-order valence-corrected chi connectivity index (χ3v) is 4.35.